The largest absolute Gasteiger partial charge is 0.496 e. The summed E-state index contributed by atoms with van der Waals surface area (Å²) in [7, 11) is 3.08. The second kappa shape index (κ2) is 7.04. The van der Waals surface area contributed by atoms with Crippen molar-refractivity contribution in [1.29, 1.82) is 0 Å². The van der Waals surface area contributed by atoms with E-state index in [-0.39, 0.29) is 12.7 Å². The molecule has 1 aliphatic carbocycles. The van der Waals surface area contributed by atoms with Gasteiger partial charge in [-0.25, -0.2) is 0 Å². The van der Waals surface area contributed by atoms with Gasteiger partial charge in [0.1, 0.15) is 17.2 Å². The summed E-state index contributed by atoms with van der Waals surface area (Å²) in [5, 5.41) is 23.9. The highest BCUT2D eigenvalue weighted by Gasteiger charge is 2.73. The van der Waals surface area contributed by atoms with Crippen LogP contribution in [-0.4, -0.2) is 37.3 Å². The van der Waals surface area contributed by atoms with E-state index in [9.17, 15) is 10.2 Å². The fourth-order valence-electron chi connectivity index (χ4n) is 5.71. The summed E-state index contributed by atoms with van der Waals surface area (Å²) >= 11 is 0. The number of methoxy groups -OCH3 is 2. The predicted molar refractivity (Wildman–Crippen MR) is 118 cm³/mol. The molecule has 4 unspecified atom stereocenters. The number of hydrogen-bond acceptors (Lipinski definition) is 7. The Balaban J connectivity index is 1.65. The third-order valence-electron chi connectivity index (χ3n) is 7.15. The van der Waals surface area contributed by atoms with Crippen molar-refractivity contribution in [3.8, 4) is 28.7 Å². The zero-order valence-electron chi connectivity index (χ0n) is 18.3. The Labute approximate surface area is 191 Å². The Morgan fingerprint density at radius 2 is 1.70 bits per heavy atom. The van der Waals surface area contributed by atoms with Crippen LogP contribution in [0, 0.1) is 0 Å². The van der Waals surface area contributed by atoms with E-state index in [0.29, 0.717) is 46.3 Å². The third-order valence-corrected chi connectivity index (χ3v) is 7.15. The molecule has 1 saturated carbocycles. The lowest BCUT2D eigenvalue weighted by Crippen LogP contribution is -2.52. The molecule has 2 N–H and O–H groups in total. The van der Waals surface area contributed by atoms with E-state index in [1.165, 1.54) is 7.11 Å². The molecule has 3 aliphatic rings. The summed E-state index contributed by atoms with van der Waals surface area (Å²) in [6.45, 7) is 0.132. The van der Waals surface area contributed by atoms with E-state index in [4.69, 9.17) is 23.7 Å². The van der Waals surface area contributed by atoms with Crippen LogP contribution in [0.5, 0.6) is 28.7 Å². The summed E-state index contributed by atoms with van der Waals surface area (Å²) in [5.41, 5.74) is -1.08. The minimum atomic E-state index is -1.78. The van der Waals surface area contributed by atoms with Gasteiger partial charge in [0, 0.05) is 23.6 Å². The van der Waals surface area contributed by atoms with E-state index in [0.717, 1.165) is 5.56 Å². The number of benzene rings is 3. The average Bonchev–Trinajstić information content (AvgIpc) is 3.48. The SMILES string of the molecule is COc1cc(OC)c2c(c1)OC1(c3ccc4c(c3)OCO4)C(c3ccccc3)CC(O)C21O. The van der Waals surface area contributed by atoms with Crippen molar-refractivity contribution >= 4 is 0 Å². The van der Waals surface area contributed by atoms with Gasteiger partial charge in [-0.15, -0.1) is 0 Å². The molecule has 0 saturated heterocycles. The second-order valence-corrected chi connectivity index (χ2v) is 8.59. The molecule has 33 heavy (non-hydrogen) atoms. The summed E-state index contributed by atoms with van der Waals surface area (Å²) in [5.74, 6) is 2.17. The molecular weight excluding hydrogens is 424 g/mol. The van der Waals surface area contributed by atoms with Gasteiger partial charge >= 0.3 is 0 Å². The van der Waals surface area contributed by atoms with Crippen molar-refractivity contribution < 1.29 is 33.9 Å². The van der Waals surface area contributed by atoms with Crippen molar-refractivity contribution in [3.63, 3.8) is 0 Å². The summed E-state index contributed by atoms with van der Waals surface area (Å²) in [6, 6.07) is 18.7. The Hall–Kier alpha value is -3.42. The van der Waals surface area contributed by atoms with Gasteiger partial charge in [-0.2, -0.15) is 0 Å². The highest BCUT2D eigenvalue weighted by molar-refractivity contribution is 5.63. The first-order valence-corrected chi connectivity index (χ1v) is 10.8. The lowest BCUT2D eigenvalue weighted by Gasteiger charge is -2.40. The molecule has 0 spiro atoms. The third kappa shape index (κ3) is 2.52. The summed E-state index contributed by atoms with van der Waals surface area (Å²) in [6.07, 6.45) is -0.819. The molecule has 7 heteroatoms. The highest BCUT2D eigenvalue weighted by Crippen LogP contribution is 2.68. The lowest BCUT2D eigenvalue weighted by molar-refractivity contribution is -0.150. The highest BCUT2D eigenvalue weighted by atomic mass is 16.7. The quantitative estimate of drug-likeness (QED) is 0.632. The monoisotopic (exact) mass is 448 g/mol. The molecule has 0 radical (unpaired) electrons. The normalized spacial score (nSPS) is 28.7. The van der Waals surface area contributed by atoms with Crippen LogP contribution < -0.4 is 23.7 Å². The molecule has 170 valence electrons. The van der Waals surface area contributed by atoms with Gasteiger partial charge in [-0.1, -0.05) is 36.4 Å². The molecule has 3 aromatic carbocycles. The first-order chi connectivity index (χ1) is 16.0. The van der Waals surface area contributed by atoms with Gasteiger partial charge in [0.05, 0.1) is 25.9 Å². The molecule has 0 amide bonds. The Morgan fingerprint density at radius 1 is 0.909 bits per heavy atom. The Bertz CT molecular complexity index is 1230. The number of hydrogen-bond donors (Lipinski definition) is 2. The van der Waals surface area contributed by atoms with E-state index in [1.807, 2.05) is 48.5 Å². The van der Waals surface area contributed by atoms with Gasteiger partial charge < -0.3 is 33.9 Å². The van der Waals surface area contributed by atoms with Gasteiger partial charge in [0.25, 0.3) is 0 Å². The smallest absolute Gasteiger partial charge is 0.231 e. The number of fused-ring (bicyclic) bond motifs is 4. The topological polar surface area (TPSA) is 86.6 Å². The Kier molecular flexibility index (Phi) is 4.31. The van der Waals surface area contributed by atoms with Crippen LogP contribution in [0.4, 0.5) is 0 Å². The van der Waals surface area contributed by atoms with Crippen molar-refractivity contribution in [3.05, 3.63) is 77.4 Å². The molecule has 4 atom stereocenters. The van der Waals surface area contributed by atoms with E-state index >= 15 is 0 Å². The van der Waals surface area contributed by atoms with Crippen LogP contribution in [0.15, 0.2) is 60.7 Å². The molecule has 2 heterocycles. The minimum absolute atomic E-state index is 0.132. The van der Waals surface area contributed by atoms with Crippen LogP contribution in [0.2, 0.25) is 0 Å². The summed E-state index contributed by atoms with van der Waals surface area (Å²) in [4.78, 5) is 0. The van der Waals surface area contributed by atoms with E-state index in [1.54, 1.807) is 19.2 Å². The zero-order chi connectivity index (χ0) is 22.8. The second-order valence-electron chi connectivity index (χ2n) is 8.59. The van der Waals surface area contributed by atoms with Crippen LogP contribution in [0.25, 0.3) is 0 Å². The number of aliphatic hydroxyl groups excluding tert-OH is 1. The molecule has 3 aromatic rings. The van der Waals surface area contributed by atoms with Crippen LogP contribution in [0.1, 0.15) is 29.0 Å². The van der Waals surface area contributed by atoms with Crippen molar-refractivity contribution in [2.45, 2.75) is 29.6 Å². The first kappa shape index (κ1) is 20.2. The van der Waals surface area contributed by atoms with Crippen LogP contribution in [-0.2, 0) is 11.2 Å². The lowest BCUT2D eigenvalue weighted by atomic mass is 9.71. The molecular formula is C26H24O7. The van der Waals surface area contributed by atoms with Crippen LogP contribution in [0.3, 0.4) is 0 Å². The minimum Gasteiger partial charge on any atom is -0.496 e. The fourth-order valence-corrected chi connectivity index (χ4v) is 5.71. The maximum absolute atomic E-state index is 12.4. The number of rotatable bonds is 4. The Morgan fingerprint density at radius 3 is 2.45 bits per heavy atom. The number of aliphatic hydroxyl groups is 2. The van der Waals surface area contributed by atoms with E-state index < -0.39 is 17.3 Å². The molecule has 0 aromatic heterocycles. The van der Waals surface area contributed by atoms with Crippen LogP contribution >= 0.6 is 0 Å². The molecule has 7 nitrogen and oxygen atoms in total. The maximum atomic E-state index is 12.4. The summed E-state index contributed by atoms with van der Waals surface area (Å²) < 4.78 is 28.9. The van der Waals surface area contributed by atoms with Gasteiger partial charge in [-0.05, 0) is 24.1 Å². The zero-order valence-corrected chi connectivity index (χ0v) is 18.3. The van der Waals surface area contributed by atoms with Crippen molar-refractivity contribution in [1.82, 2.24) is 0 Å². The van der Waals surface area contributed by atoms with Gasteiger partial charge in [0.2, 0.25) is 6.79 Å². The molecule has 2 aliphatic heterocycles. The standard InChI is InChI=1S/C26H24O7/c1-29-17-11-21(30-2)24-22(12-17)33-26(16-8-9-19-20(10-16)32-14-31-19)18(13-23(27)25(24,26)28)15-6-4-3-5-7-15/h3-12,18,23,27-28H,13-14H2,1-2H3. The maximum Gasteiger partial charge on any atom is 0.231 e. The average molecular weight is 448 g/mol. The van der Waals surface area contributed by atoms with Crippen molar-refractivity contribution in [2.24, 2.45) is 0 Å². The molecule has 6 rings (SSSR count). The van der Waals surface area contributed by atoms with Crippen molar-refractivity contribution in [2.75, 3.05) is 21.0 Å². The predicted octanol–water partition coefficient (Wildman–Crippen LogP) is 3.46. The first-order valence-electron chi connectivity index (χ1n) is 10.8. The fraction of sp³-hybridized carbons (Fsp3) is 0.308. The van der Waals surface area contributed by atoms with Gasteiger partial charge in [0.15, 0.2) is 22.7 Å². The molecule has 1 fully saturated rings. The van der Waals surface area contributed by atoms with E-state index in [2.05, 4.69) is 0 Å². The number of ether oxygens (including phenoxy) is 5. The van der Waals surface area contributed by atoms with Gasteiger partial charge in [-0.3, -0.25) is 0 Å². The molecule has 0 bridgehead atoms.